The average Bonchev–Trinajstić information content (AvgIpc) is 3.29. The van der Waals surface area contributed by atoms with Crippen LogP contribution in [0.25, 0.3) is 0 Å². The molecule has 0 aliphatic rings. The maximum atomic E-state index is 13.5. The van der Waals surface area contributed by atoms with Crippen molar-refractivity contribution in [2.24, 2.45) is 0 Å². The molecular weight excluding hydrogens is 868 g/mol. The molecule has 0 aromatic carbocycles. The highest BCUT2D eigenvalue weighted by Crippen LogP contribution is 2.38. The first-order chi connectivity index (χ1) is 32.9. The van der Waals surface area contributed by atoms with E-state index < -0.39 is 26.6 Å². The number of phosphoric ester groups is 1. The number of unbranched alkanes of at least 4 members (excludes halogenated alkanes) is 33. The predicted octanol–water partition coefficient (Wildman–Crippen LogP) is 16.5. The lowest BCUT2D eigenvalue weighted by atomic mass is 10.0. The SMILES string of the molecule is CCCCCCCCC/C=C/C=C/CCCCCC(=O)NC(COP(=O)([O-])OCC[N+](C)(C)C)C(/C=C/CCCCCCCCCCCCC)OC(=O)CCCCCCCCCCCCCCC. The molecule has 0 aliphatic carbocycles. The van der Waals surface area contributed by atoms with Crippen LogP contribution in [-0.2, 0) is 27.9 Å². The fraction of sp³-hybridized carbons (Fsp3) is 0.862. The molecule has 0 heterocycles. The summed E-state index contributed by atoms with van der Waals surface area (Å²) >= 11 is 0. The summed E-state index contributed by atoms with van der Waals surface area (Å²) in [5.74, 6) is -0.563. The minimum Gasteiger partial charge on any atom is -0.756 e. The van der Waals surface area contributed by atoms with Gasteiger partial charge >= 0.3 is 5.97 Å². The summed E-state index contributed by atoms with van der Waals surface area (Å²) in [4.78, 5) is 39.8. The van der Waals surface area contributed by atoms with Crippen molar-refractivity contribution < 1.29 is 37.3 Å². The van der Waals surface area contributed by atoms with Crippen molar-refractivity contribution in [1.82, 2.24) is 5.32 Å². The molecule has 0 aromatic heterocycles. The Hall–Kier alpha value is -1.77. The monoisotopic (exact) mass is 979 g/mol. The van der Waals surface area contributed by atoms with Gasteiger partial charge in [0.25, 0.3) is 7.82 Å². The summed E-state index contributed by atoms with van der Waals surface area (Å²) in [7, 11) is 1.18. The van der Waals surface area contributed by atoms with E-state index in [-0.39, 0.29) is 31.3 Å². The first-order valence-corrected chi connectivity index (χ1v) is 30.3. The van der Waals surface area contributed by atoms with Gasteiger partial charge in [-0.05, 0) is 57.4 Å². The first kappa shape index (κ1) is 66.2. The number of nitrogens with zero attached hydrogens (tertiary/aromatic N) is 1. The Bertz CT molecular complexity index is 1270. The van der Waals surface area contributed by atoms with E-state index in [9.17, 15) is 19.0 Å². The van der Waals surface area contributed by atoms with Crippen LogP contribution in [0.3, 0.4) is 0 Å². The molecule has 0 radical (unpaired) electrons. The number of likely N-dealkylation sites (N-methyl/N-ethyl adjacent to an activating group) is 1. The van der Waals surface area contributed by atoms with E-state index in [1.165, 1.54) is 167 Å². The summed E-state index contributed by atoms with van der Waals surface area (Å²) in [6.07, 6.45) is 56.7. The highest BCUT2D eigenvalue weighted by molar-refractivity contribution is 7.45. The lowest BCUT2D eigenvalue weighted by molar-refractivity contribution is -0.870. The Balaban J connectivity index is 5.41. The van der Waals surface area contributed by atoms with E-state index in [1.54, 1.807) is 0 Å². The normalized spacial score (nSPS) is 14.0. The van der Waals surface area contributed by atoms with Crippen LogP contribution in [-0.4, -0.2) is 69.4 Å². The molecule has 1 amide bonds. The van der Waals surface area contributed by atoms with E-state index in [1.807, 2.05) is 33.3 Å². The van der Waals surface area contributed by atoms with Crippen molar-refractivity contribution in [2.75, 3.05) is 40.9 Å². The fourth-order valence-corrected chi connectivity index (χ4v) is 9.06. The van der Waals surface area contributed by atoms with Gasteiger partial charge in [0, 0.05) is 12.8 Å². The zero-order valence-electron chi connectivity index (χ0n) is 45.6. The van der Waals surface area contributed by atoms with Crippen LogP contribution in [0.5, 0.6) is 0 Å². The second-order valence-electron chi connectivity index (χ2n) is 20.8. The molecule has 10 heteroatoms. The number of hydrogen-bond donors (Lipinski definition) is 1. The van der Waals surface area contributed by atoms with Gasteiger partial charge in [0.15, 0.2) is 0 Å². The molecular formula is C58H111N2O7P. The molecule has 1 N–H and O–H groups in total. The molecule has 0 spiro atoms. The number of nitrogens with one attached hydrogen (secondary N) is 1. The Kier molecular flexibility index (Phi) is 47.6. The number of ether oxygens (including phenoxy) is 1. The van der Waals surface area contributed by atoms with Gasteiger partial charge < -0.3 is 28.5 Å². The molecule has 0 saturated heterocycles. The zero-order valence-corrected chi connectivity index (χ0v) is 46.5. The van der Waals surface area contributed by atoms with Crippen LogP contribution in [0, 0.1) is 0 Å². The van der Waals surface area contributed by atoms with Crippen molar-refractivity contribution in [3.63, 3.8) is 0 Å². The molecule has 3 unspecified atom stereocenters. The molecule has 0 aliphatic heterocycles. The molecule has 9 nitrogen and oxygen atoms in total. The largest absolute Gasteiger partial charge is 0.756 e. The van der Waals surface area contributed by atoms with Crippen LogP contribution < -0.4 is 10.2 Å². The molecule has 0 saturated carbocycles. The van der Waals surface area contributed by atoms with Gasteiger partial charge in [-0.2, -0.15) is 0 Å². The van der Waals surface area contributed by atoms with Crippen molar-refractivity contribution in [3.05, 3.63) is 36.5 Å². The number of hydrogen-bond acceptors (Lipinski definition) is 7. The number of esters is 1. The molecule has 3 atom stereocenters. The second-order valence-corrected chi connectivity index (χ2v) is 22.2. The maximum absolute atomic E-state index is 13.5. The third-order valence-electron chi connectivity index (χ3n) is 12.9. The number of carbonyl (C=O) groups excluding carboxylic acids is 2. The maximum Gasteiger partial charge on any atom is 0.306 e. The third kappa shape index (κ3) is 49.2. The van der Waals surface area contributed by atoms with E-state index in [0.717, 1.165) is 64.2 Å². The van der Waals surface area contributed by atoms with Gasteiger partial charge in [0.2, 0.25) is 5.91 Å². The number of quaternary nitrogens is 1. The van der Waals surface area contributed by atoms with Crippen LogP contribution in [0.4, 0.5) is 0 Å². The van der Waals surface area contributed by atoms with Gasteiger partial charge in [-0.15, -0.1) is 0 Å². The van der Waals surface area contributed by atoms with Crippen molar-refractivity contribution in [1.29, 1.82) is 0 Å². The highest BCUT2D eigenvalue weighted by atomic mass is 31.2. The standard InChI is InChI=1S/C58H111N2O7P/c1-7-10-13-16-19-22-25-28-29-30-33-35-38-41-44-47-50-57(61)59-55(54-66-68(63,64)65-53-52-60(4,5)6)56(49-46-43-40-37-34-31-26-23-20-17-14-11-8-2)67-58(62)51-48-45-42-39-36-32-27-24-21-18-15-12-9-3/h29-30,33,35,46,49,55-56H,7-28,31-32,34,36-45,47-48,50-54H2,1-6H3,(H-,59,61,63,64)/b30-29+,35-33+,49-46+. The lowest BCUT2D eigenvalue weighted by Crippen LogP contribution is -2.47. The predicted molar refractivity (Wildman–Crippen MR) is 289 cm³/mol. The average molecular weight is 980 g/mol. The molecule has 0 bridgehead atoms. The van der Waals surface area contributed by atoms with Gasteiger partial charge in [-0.3, -0.25) is 14.2 Å². The summed E-state index contributed by atoms with van der Waals surface area (Å²) in [5.41, 5.74) is 0. The minimum atomic E-state index is -4.70. The summed E-state index contributed by atoms with van der Waals surface area (Å²) in [6, 6.07) is -0.897. The van der Waals surface area contributed by atoms with Crippen LogP contribution >= 0.6 is 7.82 Å². The van der Waals surface area contributed by atoms with Crippen molar-refractivity contribution >= 4 is 19.7 Å². The van der Waals surface area contributed by atoms with Crippen molar-refractivity contribution in [3.8, 4) is 0 Å². The highest BCUT2D eigenvalue weighted by Gasteiger charge is 2.27. The van der Waals surface area contributed by atoms with E-state index in [2.05, 4.69) is 50.4 Å². The third-order valence-corrected chi connectivity index (χ3v) is 13.8. The Morgan fingerprint density at radius 2 is 0.882 bits per heavy atom. The smallest absolute Gasteiger partial charge is 0.306 e. The zero-order chi connectivity index (χ0) is 50.1. The number of rotatable bonds is 52. The summed E-state index contributed by atoms with van der Waals surface area (Å²) in [5, 5.41) is 3.01. The Labute approximate surface area is 421 Å². The number of allylic oxidation sites excluding steroid dienone is 5. The molecule has 68 heavy (non-hydrogen) atoms. The topological polar surface area (TPSA) is 114 Å². The first-order valence-electron chi connectivity index (χ1n) is 28.8. The fourth-order valence-electron chi connectivity index (χ4n) is 8.34. The number of amides is 1. The molecule has 0 rings (SSSR count). The molecule has 400 valence electrons. The van der Waals surface area contributed by atoms with E-state index >= 15 is 0 Å². The molecule has 0 aromatic rings. The van der Waals surface area contributed by atoms with Gasteiger partial charge in [-0.1, -0.05) is 237 Å². The Morgan fingerprint density at radius 1 is 0.515 bits per heavy atom. The van der Waals surface area contributed by atoms with Crippen molar-refractivity contribution in [2.45, 2.75) is 283 Å². The summed E-state index contributed by atoms with van der Waals surface area (Å²) < 4.78 is 30.2. The number of carbonyl (C=O) groups is 2. The van der Waals surface area contributed by atoms with Crippen LogP contribution in [0.1, 0.15) is 271 Å². The van der Waals surface area contributed by atoms with Gasteiger partial charge in [0.05, 0.1) is 33.8 Å². The van der Waals surface area contributed by atoms with Gasteiger partial charge in [0.1, 0.15) is 19.3 Å². The molecule has 0 fully saturated rings. The second kappa shape index (κ2) is 48.8. The van der Waals surface area contributed by atoms with Gasteiger partial charge in [-0.25, -0.2) is 0 Å². The summed E-state index contributed by atoms with van der Waals surface area (Å²) in [6.45, 7) is 6.83. The van der Waals surface area contributed by atoms with E-state index in [4.69, 9.17) is 13.8 Å². The quantitative estimate of drug-likeness (QED) is 0.0161. The minimum absolute atomic E-state index is 0.0254. The lowest BCUT2D eigenvalue weighted by Gasteiger charge is -2.30. The number of phosphoric acid groups is 1. The van der Waals surface area contributed by atoms with E-state index in [0.29, 0.717) is 17.4 Å². The van der Waals surface area contributed by atoms with Crippen LogP contribution in [0.15, 0.2) is 36.5 Å². The Morgan fingerprint density at radius 3 is 1.31 bits per heavy atom. The van der Waals surface area contributed by atoms with Crippen LogP contribution in [0.2, 0.25) is 0 Å².